The third kappa shape index (κ3) is 3.05. The zero-order valence-electron chi connectivity index (χ0n) is 12.8. The van der Waals surface area contributed by atoms with E-state index in [1.165, 1.54) is 21.5 Å². The van der Waals surface area contributed by atoms with E-state index in [4.69, 9.17) is 22.9 Å². The molecule has 0 spiro atoms. The second-order valence-corrected chi connectivity index (χ2v) is 7.13. The summed E-state index contributed by atoms with van der Waals surface area (Å²) in [6, 6.07) is 8.61. The van der Waals surface area contributed by atoms with Crippen molar-refractivity contribution >= 4 is 39.6 Å². The molecular weight excluding hydrogens is 310 g/mol. The zero-order valence-corrected chi connectivity index (χ0v) is 14.4. The predicted octanol–water partition coefficient (Wildman–Crippen LogP) is 3.98. The highest BCUT2D eigenvalue weighted by atomic mass is 32.1. The van der Waals surface area contributed by atoms with Gasteiger partial charge in [0.1, 0.15) is 5.82 Å². The summed E-state index contributed by atoms with van der Waals surface area (Å²) in [7, 11) is 0. The summed E-state index contributed by atoms with van der Waals surface area (Å²) in [6.45, 7) is 5.05. The maximum atomic E-state index is 5.69. The maximum absolute atomic E-state index is 5.69. The van der Waals surface area contributed by atoms with Crippen molar-refractivity contribution in [1.29, 1.82) is 0 Å². The second kappa shape index (κ2) is 6.18. The minimum Gasteiger partial charge on any atom is -0.393 e. The lowest BCUT2D eigenvalue weighted by Gasteiger charge is -2.09. The molecule has 0 aliphatic rings. The molecule has 22 heavy (non-hydrogen) atoms. The Morgan fingerprint density at radius 1 is 1.32 bits per heavy atom. The van der Waals surface area contributed by atoms with Crippen LogP contribution in [0.4, 0.5) is 0 Å². The molecule has 0 radical (unpaired) electrons. The summed E-state index contributed by atoms with van der Waals surface area (Å²) in [6.07, 6.45) is 1.55. The van der Waals surface area contributed by atoms with Crippen LogP contribution in [0, 0.1) is 13.8 Å². The van der Waals surface area contributed by atoms with Gasteiger partial charge in [0.05, 0.1) is 16.0 Å². The number of rotatable bonds is 5. The van der Waals surface area contributed by atoms with Crippen molar-refractivity contribution in [3.63, 3.8) is 0 Å². The topological polar surface area (TPSA) is 43.8 Å². The molecule has 0 fully saturated rings. The van der Waals surface area contributed by atoms with Gasteiger partial charge in [-0.15, -0.1) is 11.3 Å². The molecule has 3 rings (SSSR count). The first kappa shape index (κ1) is 15.2. The van der Waals surface area contributed by atoms with E-state index >= 15 is 0 Å². The summed E-state index contributed by atoms with van der Waals surface area (Å²) in [5.41, 5.74) is 10.5. The van der Waals surface area contributed by atoms with Gasteiger partial charge >= 0.3 is 0 Å². The fraction of sp³-hybridized carbons (Fsp3) is 0.294. The summed E-state index contributed by atoms with van der Waals surface area (Å²) in [5.74, 6) is 1.08. The SMILES string of the molecule is Cc1cc2nc(Cc3cccs3)n(CCC(N)=S)c2cc1C. The Bertz CT molecular complexity index is 816. The van der Waals surface area contributed by atoms with Gasteiger partial charge in [-0.1, -0.05) is 18.3 Å². The van der Waals surface area contributed by atoms with E-state index in [1.807, 2.05) is 0 Å². The van der Waals surface area contributed by atoms with E-state index in [1.54, 1.807) is 11.3 Å². The molecule has 0 bridgehead atoms. The van der Waals surface area contributed by atoms with Crippen LogP contribution < -0.4 is 5.73 Å². The van der Waals surface area contributed by atoms with Crippen LogP contribution in [-0.4, -0.2) is 14.5 Å². The quantitative estimate of drug-likeness (QED) is 0.720. The van der Waals surface area contributed by atoms with Crippen LogP contribution in [-0.2, 0) is 13.0 Å². The van der Waals surface area contributed by atoms with Crippen LogP contribution in [0.25, 0.3) is 11.0 Å². The fourth-order valence-corrected chi connectivity index (χ4v) is 3.40. The number of aryl methyl sites for hydroxylation is 3. The molecule has 0 saturated heterocycles. The Hall–Kier alpha value is -1.72. The van der Waals surface area contributed by atoms with Crippen molar-refractivity contribution in [2.45, 2.75) is 33.2 Å². The normalized spacial score (nSPS) is 11.2. The Balaban J connectivity index is 2.07. The molecular formula is C17H19N3S2. The minimum absolute atomic E-state index is 0.549. The van der Waals surface area contributed by atoms with Gasteiger partial charge in [-0.25, -0.2) is 4.98 Å². The molecule has 0 saturated carbocycles. The van der Waals surface area contributed by atoms with Crippen molar-refractivity contribution in [3.8, 4) is 0 Å². The number of imidazole rings is 1. The molecule has 2 heterocycles. The van der Waals surface area contributed by atoms with Crippen molar-refractivity contribution in [2.24, 2.45) is 5.73 Å². The number of thiophene rings is 1. The standard InChI is InChI=1S/C17H19N3S2/c1-11-8-14-15(9-12(11)2)20(6-5-16(18)21)17(19-14)10-13-4-3-7-22-13/h3-4,7-9H,5-6,10H2,1-2H3,(H2,18,21). The van der Waals surface area contributed by atoms with Crippen molar-refractivity contribution < 1.29 is 0 Å². The monoisotopic (exact) mass is 329 g/mol. The van der Waals surface area contributed by atoms with E-state index in [9.17, 15) is 0 Å². The van der Waals surface area contributed by atoms with Crippen LogP contribution in [0.5, 0.6) is 0 Å². The number of nitrogens with two attached hydrogens (primary N) is 1. The number of benzene rings is 1. The smallest absolute Gasteiger partial charge is 0.115 e. The Kier molecular flexibility index (Phi) is 4.27. The molecule has 114 valence electrons. The molecule has 0 atom stereocenters. The highest BCUT2D eigenvalue weighted by Gasteiger charge is 2.13. The maximum Gasteiger partial charge on any atom is 0.115 e. The van der Waals surface area contributed by atoms with E-state index < -0.39 is 0 Å². The highest BCUT2D eigenvalue weighted by molar-refractivity contribution is 7.80. The van der Waals surface area contributed by atoms with Gasteiger partial charge in [-0.3, -0.25) is 0 Å². The molecule has 5 heteroatoms. The van der Waals surface area contributed by atoms with Crippen LogP contribution in [0.1, 0.15) is 28.2 Å². The van der Waals surface area contributed by atoms with E-state index in [-0.39, 0.29) is 0 Å². The Morgan fingerprint density at radius 2 is 2.09 bits per heavy atom. The third-order valence-electron chi connectivity index (χ3n) is 3.94. The van der Waals surface area contributed by atoms with Crippen LogP contribution >= 0.6 is 23.6 Å². The first-order valence-corrected chi connectivity index (χ1v) is 8.60. The first-order valence-electron chi connectivity index (χ1n) is 7.31. The number of aromatic nitrogens is 2. The van der Waals surface area contributed by atoms with Crippen molar-refractivity contribution in [3.05, 3.63) is 51.5 Å². The molecule has 2 N–H and O–H groups in total. The number of hydrogen-bond donors (Lipinski definition) is 1. The molecule has 0 unspecified atom stereocenters. The Labute approximate surface area is 139 Å². The summed E-state index contributed by atoms with van der Waals surface area (Å²) >= 11 is 6.81. The lowest BCUT2D eigenvalue weighted by molar-refractivity contribution is 0.706. The highest BCUT2D eigenvalue weighted by Crippen LogP contribution is 2.24. The predicted molar refractivity (Wildman–Crippen MR) is 97.7 cm³/mol. The van der Waals surface area contributed by atoms with Crippen molar-refractivity contribution in [1.82, 2.24) is 9.55 Å². The number of thiocarbonyl (C=S) groups is 1. The van der Waals surface area contributed by atoms with Crippen molar-refractivity contribution in [2.75, 3.05) is 0 Å². The summed E-state index contributed by atoms with van der Waals surface area (Å²) in [4.78, 5) is 6.72. The van der Waals surface area contributed by atoms with Gasteiger partial charge in [-0.05, 0) is 48.6 Å². The van der Waals surface area contributed by atoms with Gasteiger partial charge in [0, 0.05) is 24.3 Å². The Morgan fingerprint density at radius 3 is 2.77 bits per heavy atom. The summed E-state index contributed by atoms with van der Waals surface area (Å²) < 4.78 is 2.26. The molecule has 3 aromatic rings. The average Bonchev–Trinajstić information content (AvgIpc) is 3.06. The van der Waals surface area contributed by atoms with Crippen LogP contribution in [0.3, 0.4) is 0 Å². The van der Waals surface area contributed by atoms with Crippen LogP contribution in [0.2, 0.25) is 0 Å². The van der Waals surface area contributed by atoms with Gasteiger partial charge < -0.3 is 10.3 Å². The van der Waals surface area contributed by atoms with E-state index in [0.717, 1.165) is 24.3 Å². The summed E-state index contributed by atoms with van der Waals surface area (Å²) in [5, 5.41) is 2.10. The fourth-order valence-electron chi connectivity index (χ4n) is 2.61. The number of hydrogen-bond acceptors (Lipinski definition) is 3. The van der Waals surface area contributed by atoms with Gasteiger partial charge in [0.2, 0.25) is 0 Å². The van der Waals surface area contributed by atoms with Crippen LogP contribution in [0.15, 0.2) is 29.6 Å². The number of fused-ring (bicyclic) bond motifs is 1. The molecule has 0 aliphatic carbocycles. The lowest BCUT2D eigenvalue weighted by Crippen LogP contribution is -2.13. The van der Waals surface area contributed by atoms with Gasteiger partial charge in [0.15, 0.2) is 0 Å². The largest absolute Gasteiger partial charge is 0.393 e. The minimum atomic E-state index is 0.549. The second-order valence-electron chi connectivity index (χ2n) is 5.58. The third-order valence-corrected chi connectivity index (χ3v) is 5.02. The number of nitrogens with zero attached hydrogens (tertiary/aromatic N) is 2. The van der Waals surface area contributed by atoms with Gasteiger partial charge in [-0.2, -0.15) is 0 Å². The molecule has 1 aromatic carbocycles. The van der Waals surface area contributed by atoms with E-state index in [2.05, 4.69) is 48.1 Å². The van der Waals surface area contributed by atoms with Gasteiger partial charge in [0.25, 0.3) is 0 Å². The van der Waals surface area contributed by atoms with E-state index in [0.29, 0.717) is 11.4 Å². The average molecular weight is 329 g/mol. The first-order chi connectivity index (χ1) is 10.5. The zero-order chi connectivity index (χ0) is 15.7. The molecule has 3 nitrogen and oxygen atoms in total. The molecule has 2 aromatic heterocycles. The lowest BCUT2D eigenvalue weighted by atomic mass is 10.1. The molecule has 0 amide bonds. The molecule has 0 aliphatic heterocycles.